The smallest absolute Gasteiger partial charge is 0.0572 e. The Bertz CT molecular complexity index is 259. The van der Waals surface area contributed by atoms with Crippen LogP contribution in [0, 0.1) is 0 Å². The van der Waals surface area contributed by atoms with E-state index in [-0.39, 0.29) is 0 Å². The topological polar surface area (TPSA) is 30.5 Å². The number of nitrogens with one attached hydrogen (secondary N) is 1. The Kier molecular flexibility index (Phi) is 6.00. The van der Waals surface area contributed by atoms with Gasteiger partial charge in [0.25, 0.3) is 0 Å². The summed E-state index contributed by atoms with van der Waals surface area (Å²) in [6, 6.07) is 8.55. The molecule has 84 valence electrons. The minimum absolute atomic E-state index is 0.745. The van der Waals surface area contributed by atoms with Crippen molar-refractivity contribution in [3.63, 3.8) is 0 Å². The molecule has 0 atom stereocenters. The lowest BCUT2D eigenvalue weighted by Gasteiger charge is -2.04. The summed E-state index contributed by atoms with van der Waals surface area (Å²) in [7, 11) is 3.36. The third-order valence-electron chi connectivity index (χ3n) is 2.26. The normalized spacial score (nSPS) is 10.5. The number of hydrogen-bond donors (Lipinski definition) is 1. The Morgan fingerprint density at radius 2 is 1.73 bits per heavy atom. The van der Waals surface area contributed by atoms with Crippen molar-refractivity contribution >= 4 is 0 Å². The van der Waals surface area contributed by atoms with Crippen molar-refractivity contribution in [3.05, 3.63) is 35.4 Å². The second-order valence-electron chi connectivity index (χ2n) is 3.44. The summed E-state index contributed by atoms with van der Waals surface area (Å²) in [6.45, 7) is 1.57. The lowest BCUT2D eigenvalue weighted by molar-refractivity contribution is 0.0867. The predicted octanol–water partition coefficient (Wildman–Crippen LogP) is 1.92. The lowest BCUT2D eigenvalue weighted by atomic mass is 10.1. The second kappa shape index (κ2) is 7.40. The third-order valence-corrected chi connectivity index (χ3v) is 2.26. The molecule has 1 aromatic carbocycles. The van der Waals surface area contributed by atoms with Crippen molar-refractivity contribution in [3.8, 4) is 0 Å². The van der Waals surface area contributed by atoms with Gasteiger partial charge in [-0.15, -0.1) is 0 Å². The highest BCUT2D eigenvalue weighted by atomic mass is 16.6. The first-order valence-corrected chi connectivity index (χ1v) is 5.19. The maximum absolute atomic E-state index is 5.01. The predicted molar refractivity (Wildman–Crippen MR) is 60.5 cm³/mol. The highest BCUT2D eigenvalue weighted by Gasteiger charge is 1.95. The molecule has 0 heterocycles. The molecule has 1 N–H and O–H groups in total. The zero-order valence-electron chi connectivity index (χ0n) is 9.45. The molecule has 0 aliphatic heterocycles. The fourth-order valence-electron chi connectivity index (χ4n) is 1.40. The van der Waals surface area contributed by atoms with Crippen molar-refractivity contribution < 1.29 is 9.57 Å². The number of rotatable bonds is 7. The van der Waals surface area contributed by atoms with Crippen LogP contribution in [0.15, 0.2) is 24.3 Å². The van der Waals surface area contributed by atoms with Gasteiger partial charge in [0.1, 0.15) is 0 Å². The molecule has 0 radical (unpaired) electrons. The molecule has 0 saturated carbocycles. The van der Waals surface area contributed by atoms with Crippen LogP contribution in [0.5, 0.6) is 0 Å². The first-order valence-electron chi connectivity index (χ1n) is 5.19. The van der Waals surface area contributed by atoms with Gasteiger partial charge < -0.3 is 9.57 Å². The number of aryl methyl sites for hydroxylation is 1. The molecule has 0 unspecified atom stereocenters. The molecule has 0 bridgehead atoms. The Hall–Kier alpha value is -0.900. The van der Waals surface area contributed by atoms with Crippen molar-refractivity contribution in [1.82, 2.24) is 5.48 Å². The number of hydroxylamine groups is 1. The summed E-state index contributed by atoms with van der Waals surface area (Å²) in [4.78, 5) is 4.79. The fourth-order valence-corrected chi connectivity index (χ4v) is 1.40. The van der Waals surface area contributed by atoms with E-state index in [4.69, 9.17) is 9.57 Å². The first kappa shape index (κ1) is 12.2. The zero-order chi connectivity index (χ0) is 10.9. The van der Waals surface area contributed by atoms with E-state index in [9.17, 15) is 0 Å². The molecule has 0 spiro atoms. The summed E-state index contributed by atoms with van der Waals surface area (Å²) in [5, 5.41) is 0. The summed E-state index contributed by atoms with van der Waals surface area (Å²) >= 11 is 0. The number of methoxy groups -OCH3 is 1. The molecule has 0 amide bonds. The van der Waals surface area contributed by atoms with E-state index < -0.39 is 0 Å². The van der Waals surface area contributed by atoms with Gasteiger partial charge in [-0.1, -0.05) is 24.3 Å². The number of ether oxygens (including phenoxy) is 1. The summed E-state index contributed by atoms with van der Waals surface area (Å²) in [5.41, 5.74) is 5.40. The Balaban J connectivity index is 2.35. The molecule has 0 aromatic heterocycles. The summed E-state index contributed by atoms with van der Waals surface area (Å²) in [5.74, 6) is 0. The fraction of sp³-hybridized carbons (Fsp3) is 0.500. The molecule has 0 fully saturated rings. The third kappa shape index (κ3) is 4.93. The van der Waals surface area contributed by atoms with Gasteiger partial charge in [-0.2, -0.15) is 5.48 Å². The molecule has 3 nitrogen and oxygen atoms in total. The van der Waals surface area contributed by atoms with Crippen molar-refractivity contribution in [2.75, 3.05) is 20.8 Å². The van der Waals surface area contributed by atoms with Gasteiger partial charge in [0.2, 0.25) is 0 Å². The van der Waals surface area contributed by atoms with Crippen LogP contribution >= 0.6 is 0 Å². The standard InChI is InChI=1S/C12H19NO2/c1-14-9-3-4-11-5-7-12(8-6-11)10-13-15-2/h5-8,13H,3-4,9-10H2,1-2H3. The maximum atomic E-state index is 5.01. The molecule has 1 aromatic rings. The number of benzene rings is 1. The Morgan fingerprint density at radius 1 is 1.07 bits per heavy atom. The lowest BCUT2D eigenvalue weighted by Crippen LogP contribution is -2.10. The maximum Gasteiger partial charge on any atom is 0.0572 e. The average Bonchev–Trinajstić information content (AvgIpc) is 2.28. The van der Waals surface area contributed by atoms with Gasteiger partial charge in [0.15, 0.2) is 0 Å². The highest BCUT2D eigenvalue weighted by molar-refractivity contribution is 5.22. The van der Waals surface area contributed by atoms with E-state index in [2.05, 4.69) is 29.7 Å². The van der Waals surface area contributed by atoms with Gasteiger partial charge in [0.05, 0.1) is 7.11 Å². The largest absolute Gasteiger partial charge is 0.385 e. The van der Waals surface area contributed by atoms with E-state index in [0.717, 1.165) is 26.0 Å². The van der Waals surface area contributed by atoms with Crippen LogP contribution in [0.3, 0.4) is 0 Å². The summed E-state index contributed by atoms with van der Waals surface area (Å²) in [6.07, 6.45) is 2.15. The molecule has 0 aliphatic carbocycles. The van der Waals surface area contributed by atoms with Gasteiger partial charge >= 0.3 is 0 Å². The van der Waals surface area contributed by atoms with Crippen LogP contribution in [0.4, 0.5) is 0 Å². The van der Waals surface area contributed by atoms with Crippen LogP contribution in [0.1, 0.15) is 17.5 Å². The van der Waals surface area contributed by atoms with Crippen LogP contribution < -0.4 is 5.48 Å². The summed E-state index contributed by atoms with van der Waals surface area (Å²) < 4.78 is 5.01. The van der Waals surface area contributed by atoms with Gasteiger partial charge in [-0.05, 0) is 24.0 Å². The molecule has 1 rings (SSSR count). The van der Waals surface area contributed by atoms with Gasteiger partial charge in [0, 0.05) is 20.3 Å². The van der Waals surface area contributed by atoms with Crippen LogP contribution in [0.25, 0.3) is 0 Å². The molecular formula is C12H19NO2. The van der Waals surface area contributed by atoms with Crippen LogP contribution in [0.2, 0.25) is 0 Å². The average molecular weight is 209 g/mol. The zero-order valence-corrected chi connectivity index (χ0v) is 9.45. The molecule has 3 heteroatoms. The SMILES string of the molecule is COCCCc1ccc(CNOC)cc1. The van der Waals surface area contributed by atoms with Gasteiger partial charge in [-0.3, -0.25) is 0 Å². The van der Waals surface area contributed by atoms with Gasteiger partial charge in [-0.25, -0.2) is 0 Å². The number of hydrogen-bond acceptors (Lipinski definition) is 3. The van der Waals surface area contributed by atoms with Crippen LogP contribution in [-0.2, 0) is 22.5 Å². The molecule has 0 aliphatic rings. The van der Waals surface area contributed by atoms with Crippen molar-refractivity contribution in [2.24, 2.45) is 0 Å². The molecule has 15 heavy (non-hydrogen) atoms. The van der Waals surface area contributed by atoms with Crippen molar-refractivity contribution in [1.29, 1.82) is 0 Å². The van der Waals surface area contributed by atoms with Crippen LogP contribution in [-0.4, -0.2) is 20.8 Å². The van der Waals surface area contributed by atoms with Crippen molar-refractivity contribution in [2.45, 2.75) is 19.4 Å². The van der Waals surface area contributed by atoms with E-state index in [1.165, 1.54) is 11.1 Å². The quantitative estimate of drug-likeness (QED) is 0.549. The van der Waals surface area contributed by atoms with E-state index in [0.29, 0.717) is 0 Å². The molecular weight excluding hydrogens is 190 g/mol. The second-order valence-corrected chi connectivity index (χ2v) is 3.44. The Labute approximate surface area is 91.4 Å². The Morgan fingerprint density at radius 3 is 2.33 bits per heavy atom. The van der Waals surface area contributed by atoms with E-state index in [1.54, 1.807) is 14.2 Å². The first-order chi connectivity index (χ1) is 7.36. The highest BCUT2D eigenvalue weighted by Crippen LogP contribution is 2.06. The monoisotopic (exact) mass is 209 g/mol. The minimum Gasteiger partial charge on any atom is -0.385 e. The van der Waals surface area contributed by atoms with E-state index in [1.807, 2.05) is 0 Å². The molecule has 0 saturated heterocycles. The minimum atomic E-state index is 0.745. The van der Waals surface area contributed by atoms with E-state index >= 15 is 0 Å².